The van der Waals surface area contributed by atoms with E-state index in [4.69, 9.17) is 16.2 Å². The third-order valence-electron chi connectivity index (χ3n) is 9.56. The quantitative estimate of drug-likeness (QED) is 0.0183. The number of urea groups is 1. The van der Waals surface area contributed by atoms with Crippen molar-refractivity contribution < 1.29 is 43.5 Å². The number of hydrogen-bond acceptors (Lipinski definition) is 14. The number of carbonyl (C=O) groups is 5. The smallest absolute Gasteiger partial charge is 0.346 e. The van der Waals surface area contributed by atoms with E-state index in [-0.39, 0.29) is 80.7 Å². The van der Waals surface area contributed by atoms with Crippen molar-refractivity contribution >= 4 is 53.4 Å². The maximum absolute atomic E-state index is 12.4. The van der Waals surface area contributed by atoms with E-state index in [0.29, 0.717) is 24.6 Å². The molecule has 49 heavy (non-hydrogen) atoms. The number of hydrazine groups is 1. The number of thioether (sulfide) groups is 1. The van der Waals surface area contributed by atoms with Crippen molar-refractivity contribution in [2.24, 2.45) is 16.5 Å². The van der Waals surface area contributed by atoms with Gasteiger partial charge in [-0.05, 0) is 25.7 Å². The number of esters is 1. The second kappa shape index (κ2) is 15.7. The van der Waals surface area contributed by atoms with Crippen molar-refractivity contribution in [2.45, 2.75) is 111 Å². The van der Waals surface area contributed by atoms with E-state index in [0.717, 1.165) is 37.9 Å². The molecule has 5 heterocycles. The number of guanidine groups is 2. The number of nitrogens with one attached hydrogen (secondary N) is 7. The van der Waals surface area contributed by atoms with Gasteiger partial charge in [0.05, 0.1) is 25.0 Å². The SMILES string of the molecule is NC1=NC2C(COC(=O)CCC(=O)NNC(=O)CCCCCNC(=O)CCCCC3SCC4NC(=O)NC43)NC(N)=[N+]3CCC(O)(O)C23N1. The van der Waals surface area contributed by atoms with Crippen LogP contribution in [0, 0.1) is 0 Å². The summed E-state index contributed by atoms with van der Waals surface area (Å²) in [5.74, 6) is -2.75. The summed E-state index contributed by atoms with van der Waals surface area (Å²) in [5.41, 5.74) is 15.1. The van der Waals surface area contributed by atoms with Gasteiger partial charge >= 0.3 is 18.0 Å². The molecule has 20 heteroatoms. The lowest BCUT2D eigenvalue weighted by molar-refractivity contribution is -0.623. The summed E-state index contributed by atoms with van der Waals surface area (Å²) < 4.78 is 6.87. The molecule has 5 aliphatic rings. The van der Waals surface area contributed by atoms with Crippen LogP contribution in [0.15, 0.2) is 4.99 Å². The highest BCUT2D eigenvalue weighted by molar-refractivity contribution is 8.00. The Morgan fingerprint density at radius 2 is 1.69 bits per heavy atom. The average molecular weight is 711 g/mol. The highest BCUT2D eigenvalue weighted by Gasteiger charge is 2.71. The minimum Gasteiger partial charge on any atom is -0.462 e. The predicted molar refractivity (Wildman–Crippen MR) is 176 cm³/mol. The molecule has 5 rings (SSSR count). The van der Waals surface area contributed by atoms with Gasteiger partial charge in [0.25, 0.3) is 0 Å². The Kier molecular flexibility index (Phi) is 11.6. The summed E-state index contributed by atoms with van der Waals surface area (Å²) in [4.78, 5) is 64.5. The lowest BCUT2D eigenvalue weighted by Gasteiger charge is -2.42. The van der Waals surface area contributed by atoms with Crippen LogP contribution in [-0.4, -0.2) is 123 Å². The first-order valence-corrected chi connectivity index (χ1v) is 17.9. The van der Waals surface area contributed by atoms with Crippen LogP contribution >= 0.6 is 11.8 Å². The number of unbranched alkanes of at least 4 members (excludes halogenated alkanes) is 3. The van der Waals surface area contributed by atoms with Crippen LogP contribution in [0.25, 0.3) is 0 Å². The van der Waals surface area contributed by atoms with Gasteiger partial charge in [0.2, 0.25) is 29.2 Å². The first-order valence-electron chi connectivity index (χ1n) is 16.8. The largest absolute Gasteiger partial charge is 0.462 e. The summed E-state index contributed by atoms with van der Waals surface area (Å²) in [5, 5.41) is 36.5. The molecule has 0 aliphatic carbocycles. The summed E-state index contributed by atoms with van der Waals surface area (Å²) >= 11 is 1.87. The summed E-state index contributed by atoms with van der Waals surface area (Å²) in [7, 11) is 0. The number of aliphatic hydroxyl groups is 2. The minimum absolute atomic E-state index is 0.00416. The van der Waals surface area contributed by atoms with Gasteiger partial charge in [-0.2, -0.15) is 11.8 Å². The molecule has 1 spiro atoms. The Hall–Kier alpha value is -4.04. The molecule has 0 aromatic heterocycles. The fourth-order valence-corrected chi connectivity index (χ4v) is 8.59. The van der Waals surface area contributed by atoms with Gasteiger partial charge in [0.1, 0.15) is 12.6 Å². The molecule has 272 valence electrons. The molecule has 0 aromatic rings. The molecule has 0 saturated carbocycles. The monoisotopic (exact) mass is 710 g/mol. The Balaban J connectivity index is 0.865. The molecule has 3 saturated heterocycles. The first-order chi connectivity index (χ1) is 23.4. The number of nitrogens with zero attached hydrogens (tertiary/aromatic N) is 2. The van der Waals surface area contributed by atoms with E-state index < -0.39 is 35.4 Å². The Labute approximate surface area is 287 Å². The van der Waals surface area contributed by atoms with Crippen LogP contribution in [-0.2, 0) is 23.9 Å². The molecule has 19 nitrogen and oxygen atoms in total. The van der Waals surface area contributed by atoms with Gasteiger partial charge in [-0.25, -0.2) is 14.4 Å². The molecule has 5 amide bonds. The van der Waals surface area contributed by atoms with Crippen molar-refractivity contribution in [2.75, 3.05) is 25.4 Å². The molecule has 13 N–H and O–H groups in total. The van der Waals surface area contributed by atoms with Crippen LogP contribution in [0.5, 0.6) is 0 Å². The Morgan fingerprint density at radius 3 is 2.49 bits per heavy atom. The minimum atomic E-state index is -2.20. The van der Waals surface area contributed by atoms with Crippen LogP contribution in [0.4, 0.5) is 4.79 Å². The molecule has 0 radical (unpaired) electrons. The molecular weight excluding hydrogens is 662 g/mol. The number of carbonyl (C=O) groups excluding carboxylic acids is 5. The third kappa shape index (κ3) is 8.41. The zero-order chi connectivity index (χ0) is 35.2. The van der Waals surface area contributed by atoms with Crippen LogP contribution in [0.3, 0.4) is 0 Å². The van der Waals surface area contributed by atoms with Crippen molar-refractivity contribution in [1.82, 2.24) is 37.4 Å². The number of hydrogen-bond donors (Lipinski definition) is 11. The van der Waals surface area contributed by atoms with Crippen LogP contribution < -0.4 is 48.9 Å². The van der Waals surface area contributed by atoms with Gasteiger partial charge in [0, 0.05) is 43.2 Å². The summed E-state index contributed by atoms with van der Waals surface area (Å²) in [6.45, 7) is 0.538. The van der Waals surface area contributed by atoms with E-state index in [1.807, 2.05) is 11.8 Å². The number of nitrogens with two attached hydrogens (primary N) is 2. The van der Waals surface area contributed by atoms with E-state index >= 15 is 0 Å². The Bertz CT molecular complexity index is 1360. The average Bonchev–Trinajstić information content (AvgIpc) is 3.79. The number of amides is 5. The van der Waals surface area contributed by atoms with Gasteiger partial charge in [-0.1, -0.05) is 12.8 Å². The van der Waals surface area contributed by atoms with Crippen molar-refractivity contribution in [3.8, 4) is 0 Å². The van der Waals surface area contributed by atoms with Crippen molar-refractivity contribution in [1.29, 1.82) is 0 Å². The summed E-state index contributed by atoms with van der Waals surface area (Å²) in [6.07, 6.45) is 4.86. The van der Waals surface area contributed by atoms with Gasteiger partial charge in [0.15, 0.2) is 12.0 Å². The maximum Gasteiger partial charge on any atom is 0.346 e. The molecule has 6 unspecified atom stereocenters. The van der Waals surface area contributed by atoms with Crippen LogP contribution in [0.2, 0.25) is 0 Å². The lowest BCUT2D eigenvalue weighted by atomic mass is 9.87. The molecule has 6 atom stereocenters. The maximum atomic E-state index is 12.4. The standard InChI is InChI=1S/C29H47N11O8S/c30-25-36-24-16(33-26(31)40-13-11-28(46,47)29(24,40)37-25)14-48-22(44)10-9-21(43)39-38-20(42)8-2-1-5-12-32-19(41)7-4-3-6-18-23-17(15-49-18)34-27(45)35-23/h16-18,23-24,46-47H,1-15H2,(H10,30,31,32,33,34,35,36,37,38,39,41,42,43,45)/p+1. The van der Waals surface area contributed by atoms with Crippen LogP contribution in [0.1, 0.15) is 70.6 Å². The highest BCUT2D eigenvalue weighted by atomic mass is 32.2. The van der Waals surface area contributed by atoms with E-state index in [1.54, 1.807) is 4.58 Å². The number of fused-ring (bicyclic) bond motifs is 1. The normalized spacial score (nSPS) is 28.9. The van der Waals surface area contributed by atoms with E-state index in [1.165, 1.54) is 0 Å². The molecule has 3 fully saturated rings. The molecule has 0 bridgehead atoms. The van der Waals surface area contributed by atoms with Gasteiger partial charge in [-0.15, -0.1) is 0 Å². The predicted octanol–water partition coefficient (Wildman–Crippen LogP) is -3.77. The summed E-state index contributed by atoms with van der Waals surface area (Å²) in [6, 6.07) is -1.26. The zero-order valence-electron chi connectivity index (χ0n) is 27.3. The fourth-order valence-electron chi connectivity index (χ4n) is 7.04. The first kappa shape index (κ1) is 36.2. The van der Waals surface area contributed by atoms with Gasteiger partial charge < -0.3 is 42.0 Å². The lowest BCUT2D eigenvalue weighted by Crippen LogP contribution is -2.77. The second-order valence-corrected chi connectivity index (χ2v) is 14.3. The Morgan fingerprint density at radius 1 is 0.959 bits per heavy atom. The van der Waals surface area contributed by atoms with E-state index in [2.05, 4.69) is 42.4 Å². The number of ether oxygens (including phenoxy) is 1. The van der Waals surface area contributed by atoms with Crippen molar-refractivity contribution in [3.63, 3.8) is 0 Å². The molecular formula is C29H48N11O8S+. The number of rotatable bonds is 16. The topological polar surface area (TPSA) is 287 Å². The zero-order valence-corrected chi connectivity index (χ0v) is 28.1. The van der Waals surface area contributed by atoms with Gasteiger partial charge in [-0.3, -0.25) is 41.1 Å². The molecule has 5 aliphatic heterocycles. The van der Waals surface area contributed by atoms with Crippen molar-refractivity contribution in [3.05, 3.63) is 0 Å². The molecule has 0 aromatic carbocycles. The highest BCUT2D eigenvalue weighted by Crippen LogP contribution is 2.41. The number of aliphatic imine (C=N–C) groups is 1. The second-order valence-electron chi connectivity index (χ2n) is 13.0. The fraction of sp³-hybridized carbons (Fsp3) is 0.759. The third-order valence-corrected chi connectivity index (χ3v) is 11.1. The van der Waals surface area contributed by atoms with E-state index in [9.17, 15) is 34.2 Å².